The second-order valence-corrected chi connectivity index (χ2v) is 6.59. The zero-order chi connectivity index (χ0) is 18.4. The van der Waals surface area contributed by atoms with E-state index in [0.29, 0.717) is 31.3 Å². The molecule has 0 aliphatic carbocycles. The number of nitrogens with zero attached hydrogens (tertiary/aromatic N) is 1. The number of nitrogens with one attached hydrogen (secondary N) is 1. The molecule has 0 radical (unpaired) electrons. The SMILES string of the molecule is COc1ccccc1CCNC(=O)N1CCOC(c2ccc(Cl)cc2)C1. The smallest absolute Gasteiger partial charge is 0.317 e. The normalized spacial score (nSPS) is 17.0. The molecular weight excluding hydrogens is 352 g/mol. The number of methoxy groups -OCH3 is 1. The van der Waals surface area contributed by atoms with Gasteiger partial charge in [0.2, 0.25) is 0 Å². The molecule has 0 aromatic heterocycles. The summed E-state index contributed by atoms with van der Waals surface area (Å²) in [5, 5.41) is 3.68. The van der Waals surface area contributed by atoms with Crippen LogP contribution in [0.5, 0.6) is 5.75 Å². The van der Waals surface area contributed by atoms with Gasteiger partial charge in [0.1, 0.15) is 11.9 Å². The third-order valence-electron chi connectivity index (χ3n) is 4.46. The number of carbonyl (C=O) groups excluding carboxylic acids is 1. The Balaban J connectivity index is 1.52. The molecule has 1 unspecified atom stereocenters. The summed E-state index contributed by atoms with van der Waals surface area (Å²) in [4.78, 5) is 14.3. The molecule has 0 bridgehead atoms. The lowest BCUT2D eigenvalue weighted by Crippen LogP contribution is -2.47. The molecule has 0 spiro atoms. The lowest BCUT2D eigenvalue weighted by Gasteiger charge is -2.33. The Kier molecular flexibility index (Phi) is 6.36. The Morgan fingerprint density at radius 2 is 2.04 bits per heavy atom. The van der Waals surface area contributed by atoms with E-state index in [-0.39, 0.29) is 12.1 Å². The largest absolute Gasteiger partial charge is 0.496 e. The predicted octanol–water partition coefficient (Wildman–Crippen LogP) is 3.67. The van der Waals surface area contributed by atoms with E-state index in [2.05, 4.69) is 5.32 Å². The highest BCUT2D eigenvalue weighted by atomic mass is 35.5. The highest BCUT2D eigenvalue weighted by Crippen LogP contribution is 2.23. The molecular formula is C20H23ClN2O3. The summed E-state index contributed by atoms with van der Waals surface area (Å²) in [7, 11) is 1.65. The molecule has 1 heterocycles. The van der Waals surface area contributed by atoms with Crippen molar-refractivity contribution in [2.45, 2.75) is 12.5 Å². The van der Waals surface area contributed by atoms with Gasteiger partial charge in [0.25, 0.3) is 0 Å². The van der Waals surface area contributed by atoms with E-state index in [1.165, 1.54) is 0 Å². The van der Waals surface area contributed by atoms with Crippen LogP contribution in [-0.2, 0) is 11.2 Å². The second kappa shape index (κ2) is 8.92. The first-order valence-corrected chi connectivity index (χ1v) is 9.07. The van der Waals surface area contributed by atoms with Gasteiger partial charge >= 0.3 is 6.03 Å². The maximum Gasteiger partial charge on any atom is 0.317 e. The van der Waals surface area contributed by atoms with Gasteiger partial charge in [0.05, 0.1) is 20.3 Å². The number of hydrogen-bond acceptors (Lipinski definition) is 3. The molecule has 1 aliphatic rings. The van der Waals surface area contributed by atoms with Crippen molar-refractivity contribution in [1.82, 2.24) is 10.2 Å². The summed E-state index contributed by atoms with van der Waals surface area (Å²) < 4.78 is 11.1. The van der Waals surface area contributed by atoms with Gasteiger partial charge in [-0.15, -0.1) is 0 Å². The molecule has 26 heavy (non-hydrogen) atoms. The molecule has 2 aromatic rings. The predicted molar refractivity (Wildman–Crippen MR) is 102 cm³/mol. The van der Waals surface area contributed by atoms with Crippen LogP contribution in [0.25, 0.3) is 0 Å². The van der Waals surface area contributed by atoms with Gasteiger partial charge in [-0.2, -0.15) is 0 Å². The van der Waals surface area contributed by atoms with Gasteiger partial charge < -0.3 is 19.7 Å². The fraction of sp³-hybridized carbons (Fsp3) is 0.350. The third kappa shape index (κ3) is 4.68. The maximum absolute atomic E-state index is 12.5. The first kappa shape index (κ1) is 18.5. The van der Waals surface area contributed by atoms with Crippen molar-refractivity contribution in [3.63, 3.8) is 0 Å². The topological polar surface area (TPSA) is 50.8 Å². The number of rotatable bonds is 5. The van der Waals surface area contributed by atoms with Gasteiger partial charge in [0, 0.05) is 18.1 Å². The minimum atomic E-state index is -0.124. The van der Waals surface area contributed by atoms with Crippen molar-refractivity contribution in [1.29, 1.82) is 0 Å². The Morgan fingerprint density at radius 3 is 2.81 bits per heavy atom. The van der Waals surface area contributed by atoms with Crippen LogP contribution in [0.15, 0.2) is 48.5 Å². The Labute approximate surface area is 158 Å². The lowest BCUT2D eigenvalue weighted by atomic mass is 10.1. The van der Waals surface area contributed by atoms with E-state index in [9.17, 15) is 4.79 Å². The molecule has 2 amide bonds. The number of halogens is 1. The van der Waals surface area contributed by atoms with Gasteiger partial charge in [-0.25, -0.2) is 4.79 Å². The van der Waals surface area contributed by atoms with Crippen LogP contribution in [0, 0.1) is 0 Å². The van der Waals surface area contributed by atoms with Crippen LogP contribution in [0.3, 0.4) is 0 Å². The van der Waals surface area contributed by atoms with Gasteiger partial charge in [-0.05, 0) is 35.7 Å². The van der Waals surface area contributed by atoms with Crippen LogP contribution in [0.2, 0.25) is 5.02 Å². The minimum absolute atomic E-state index is 0.0674. The number of benzene rings is 2. The molecule has 1 saturated heterocycles. The van der Waals surface area contributed by atoms with E-state index < -0.39 is 0 Å². The zero-order valence-corrected chi connectivity index (χ0v) is 15.5. The van der Waals surface area contributed by atoms with Crippen molar-refractivity contribution in [2.75, 3.05) is 33.4 Å². The van der Waals surface area contributed by atoms with Crippen molar-refractivity contribution in [2.24, 2.45) is 0 Å². The quantitative estimate of drug-likeness (QED) is 0.868. The summed E-state index contributed by atoms with van der Waals surface area (Å²) in [5.41, 5.74) is 2.11. The number of ether oxygens (including phenoxy) is 2. The highest BCUT2D eigenvalue weighted by molar-refractivity contribution is 6.30. The van der Waals surface area contributed by atoms with Crippen LogP contribution < -0.4 is 10.1 Å². The summed E-state index contributed by atoms with van der Waals surface area (Å²) in [6.07, 6.45) is 0.599. The fourth-order valence-corrected chi connectivity index (χ4v) is 3.16. The Morgan fingerprint density at radius 1 is 1.27 bits per heavy atom. The first-order chi connectivity index (χ1) is 12.7. The summed E-state index contributed by atoms with van der Waals surface area (Å²) >= 11 is 5.93. The Hall–Kier alpha value is -2.24. The van der Waals surface area contributed by atoms with Crippen LogP contribution in [0.4, 0.5) is 4.79 Å². The molecule has 1 aliphatic heterocycles. The number of para-hydroxylation sites is 1. The Bertz CT molecular complexity index is 736. The summed E-state index contributed by atoms with van der Waals surface area (Å²) in [5.74, 6) is 0.843. The van der Waals surface area contributed by atoms with Crippen molar-refractivity contribution < 1.29 is 14.3 Å². The number of urea groups is 1. The molecule has 0 saturated carbocycles. The molecule has 2 aromatic carbocycles. The van der Waals surface area contributed by atoms with Crippen molar-refractivity contribution >= 4 is 17.6 Å². The number of morpholine rings is 1. The van der Waals surface area contributed by atoms with E-state index >= 15 is 0 Å². The monoisotopic (exact) mass is 374 g/mol. The highest BCUT2D eigenvalue weighted by Gasteiger charge is 2.25. The lowest BCUT2D eigenvalue weighted by molar-refractivity contribution is -0.0153. The van der Waals surface area contributed by atoms with E-state index in [4.69, 9.17) is 21.1 Å². The van der Waals surface area contributed by atoms with Gasteiger partial charge in [0.15, 0.2) is 0 Å². The zero-order valence-electron chi connectivity index (χ0n) is 14.8. The van der Waals surface area contributed by atoms with Crippen LogP contribution in [-0.4, -0.2) is 44.3 Å². The summed E-state index contributed by atoms with van der Waals surface area (Å²) in [6, 6.07) is 15.3. The molecule has 138 valence electrons. The van der Waals surface area contributed by atoms with E-state index in [1.807, 2.05) is 48.5 Å². The first-order valence-electron chi connectivity index (χ1n) is 8.69. The number of hydrogen-bond donors (Lipinski definition) is 1. The standard InChI is InChI=1S/C20H23ClN2O3/c1-25-18-5-3-2-4-15(18)10-11-22-20(24)23-12-13-26-19(14-23)16-6-8-17(21)9-7-16/h2-9,19H,10-14H2,1H3,(H,22,24). The molecule has 1 atom stereocenters. The van der Waals surface area contributed by atoms with Crippen LogP contribution in [0.1, 0.15) is 17.2 Å². The van der Waals surface area contributed by atoms with Gasteiger partial charge in [-0.1, -0.05) is 41.9 Å². The number of amides is 2. The average Bonchev–Trinajstić information content (AvgIpc) is 2.69. The third-order valence-corrected chi connectivity index (χ3v) is 4.71. The van der Waals surface area contributed by atoms with Crippen molar-refractivity contribution in [3.05, 3.63) is 64.7 Å². The van der Waals surface area contributed by atoms with E-state index in [1.54, 1.807) is 12.0 Å². The molecule has 6 heteroatoms. The molecule has 3 rings (SSSR count). The molecule has 1 N–H and O–H groups in total. The molecule has 1 fully saturated rings. The minimum Gasteiger partial charge on any atom is -0.496 e. The molecule has 5 nitrogen and oxygen atoms in total. The average molecular weight is 375 g/mol. The fourth-order valence-electron chi connectivity index (χ4n) is 3.04. The second-order valence-electron chi connectivity index (χ2n) is 6.15. The van der Waals surface area contributed by atoms with E-state index in [0.717, 1.165) is 23.3 Å². The van der Waals surface area contributed by atoms with Crippen LogP contribution >= 0.6 is 11.6 Å². The maximum atomic E-state index is 12.5. The summed E-state index contributed by atoms with van der Waals surface area (Å²) in [6.45, 7) is 2.20. The number of carbonyl (C=O) groups is 1. The van der Waals surface area contributed by atoms with Gasteiger partial charge in [-0.3, -0.25) is 0 Å². The van der Waals surface area contributed by atoms with Crippen molar-refractivity contribution in [3.8, 4) is 5.75 Å².